The fraction of sp³-hybridized carbons (Fsp3) is 0. The Bertz CT molecular complexity index is 609. The molecule has 0 unspecified atom stereocenters. The van der Waals surface area contributed by atoms with Crippen LogP contribution in [0.25, 0.3) is 0 Å². The Morgan fingerprint density at radius 1 is 1.41 bits per heavy atom. The molecule has 0 amide bonds. The molecule has 0 aliphatic rings. The van der Waals surface area contributed by atoms with Crippen LogP contribution in [0.4, 0.5) is 8.78 Å². The van der Waals surface area contributed by atoms with Crippen LogP contribution in [0.2, 0.25) is 5.15 Å². The first kappa shape index (κ1) is 11.8. The predicted octanol–water partition coefficient (Wildman–Crippen LogP) is 3.74. The zero-order valence-corrected chi connectivity index (χ0v) is 9.65. The maximum absolute atomic E-state index is 13.3. The topological polar surface area (TPSA) is 45.9 Å². The maximum Gasteiger partial charge on any atom is 0.219 e. The van der Waals surface area contributed by atoms with Crippen LogP contribution in [-0.2, 0) is 0 Å². The summed E-state index contributed by atoms with van der Waals surface area (Å²) in [5.74, 6) is -1.76. The van der Waals surface area contributed by atoms with Crippen molar-refractivity contribution in [1.82, 2.24) is 4.37 Å². The molecule has 0 atom stereocenters. The van der Waals surface area contributed by atoms with E-state index in [9.17, 15) is 8.78 Å². The molecule has 0 aliphatic heterocycles. The van der Waals surface area contributed by atoms with Gasteiger partial charge in [-0.2, -0.15) is 9.64 Å². The molecular formula is C10H3ClF2N2OS. The summed E-state index contributed by atoms with van der Waals surface area (Å²) in [7, 11) is 0. The van der Waals surface area contributed by atoms with E-state index in [4.69, 9.17) is 21.6 Å². The van der Waals surface area contributed by atoms with Gasteiger partial charge in [0.25, 0.3) is 0 Å². The number of ether oxygens (including phenoxy) is 1. The van der Waals surface area contributed by atoms with Crippen molar-refractivity contribution >= 4 is 23.1 Å². The van der Waals surface area contributed by atoms with Crippen molar-refractivity contribution in [2.45, 2.75) is 0 Å². The lowest BCUT2D eigenvalue weighted by atomic mass is 10.3. The highest BCUT2D eigenvalue weighted by molar-refractivity contribution is 7.08. The van der Waals surface area contributed by atoms with Gasteiger partial charge < -0.3 is 4.74 Å². The molecule has 86 valence electrons. The summed E-state index contributed by atoms with van der Waals surface area (Å²) in [6.07, 6.45) is 0. The second-order valence-corrected chi connectivity index (χ2v) is 4.02. The monoisotopic (exact) mass is 272 g/mol. The molecule has 0 saturated carbocycles. The van der Waals surface area contributed by atoms with Crippen LogP contribution in [0.1, 0.15) is 5.56 Å². The van der Waals surface area contributed by atoms with E-state index in [1.807, 2.05) is 0 Å². The number of hydrogen-bond acceptors (Lipinski definition) is 4. The number of benzene rings is 1. The van der Waals surface area contributed by atoms with Crippen molar-refractivity contribution in [3.8, 4) is 16.9 Å². The average molecular weight is 273 g/mol. The summed E-state index contributed by atoms with van der Waals surface area (Å²) in [5.41, 5.74) is 0.0281. The normalized spacial score (nSPS) is 10.0. The number of nitriles is 1. The molecule has 2 aromatic rings. The Labute approximate surface area is 104 Å². The molecule has 2 rings (SSSR count). The number of hydrogen-bond donors (Lipinski definition) is 0. The molecule has 0 fully saturated rings. The van der Waals surface area contributed by atoms with Crippen LogP contribution < -0.4 is 4.74 Å². The molecule has 0 spiro atoms. The molecule has 1 aromatic carbocycles. The van der Waals surface area contributed by atoms with Crippen LogP contribution >= 0.6 is 23.1 Å². The minimum Gasteiger partial charge on any atom is -0.441 e. The lowest BCUT2D eigenvalue weighted by Gasteiger charge is -2.03. The SMILES string of the molecule is N#Cc1c(Cl)nsc1Oc1ccc(F)cc1F. The second kappa shape index (κ2) is 4.65. The highest BCUT2D eigenvalue weighted by Crippen LogP contribution is 2.34. The summed E-state index contributed by atoms with van der Waals surface area (Å²) in [6.45, 7) is 0. The highest BCUT2D eigenvalue weighted by atomic mass is 35.5. The largest absolute Gasteiger partial charge is 0.441 e. The zero-order chi connectivity index (χ0) is 12.4. The first-order valence-electron chi connectivity index (χ1n) is 4.30. The van der Waals surface area contributed by atoms with E-state index >= 15 is 0 Å². The standard InChI is InChI=1S/C10H3ClF2N2OS/c11-9-6(4-14)10(17-15-9)16-8-2-1-5(12)3-7(8)13/h1-3H. The van der Waals surface area contributed by atoms with Crippen LogP contribution in [-0.4, -0.2) is 4.37 Å². The van der Waals surface area contributed by atoms with Crippen molar-refractivity contribution in [3.63, 3.8) is 0 Å². The molecule has 0 aliphatic carbocycles. The molecule has 3 nitrogen and oxygen atoms in total. The minimum absolute atomic E-state index is 0.00461. The van der Waals surface area contributed by atoms with Crippen LogP contribution in [0.5, 0.6) is 10.8 Å². The van der Waals surface area contributed by atoms with Crippen molar-refractivity contribution in [3.05, 3.63) is 40.6 Å². The van der Waals surface area contributed by atoms with Gasteiger partial charge >= 0.3 is 0 Å². The average Bonchev–Trinajstić information content (AvgIpc) is 2.63. The Morgan fingerprint density at radius 3 is 2.82 bits per heavy atom. The molecule has 1 aromatic heterocycles. The summed E-state index contributed by atoms with van der Waals surface area (Å²) in [4.78, 5) is 0. The van der Waals surface area contributed by atoms with Gasteiger partial charge in [0.1, 0.15) is 17.4 Å². The lowest BCUT2D eigenvalue weighted by molar-refractivity contribution is 0.446. The van der Waals surface area contributed by atoms with E-state index in [-0.39, 0.29) is 21.5 Å². The van der Waals surface area contributed by atoms with E-state index in [2.05, 4.69) is 4.37 Å². The third kappa shape index (κ3) is 2.35. The zero-order valence-electron chi connectivity index (χ0n) is 8.08. The molecular weight excluding hydrogens is 270 g/mol. The van der Waals surface area contributed by atoms with E-state index in [0.717, 1.165) is 23.7 Å². The highest BCUT2D eigenvalue weighted by Gasteiger charge is 2.15. The summed E-state index contributed by atoms with van der Waals surface area (Å²) in [5, 5.41) is 8.85. The fourth-order valence-electron chi connectivity index (χ4n) is 1.08. The van der Waals surface area contributed by atoms with Crippen LogP contribution in [0, 0.1) is 23.0 Å². The maximum atomic E-state index is 13.3. The van der Waals surface area contributed by atoms with Gasteiger partial charge in [-0.05, 0) is 12.1 Å². The van der Waals surface area contributed by atoms with Gasteiger partial charge in [0.15, 0.2) is 16.7 Å². The van der Waals surface area contributed by atoms with Gasteiger partial charge in [0.05, 0.1) is 0 Å². The summed E-state index contributed by atoms with van der Waals surface area (Å²) >= 11 is 6.44. The lowest BCUT2D eigenvalue weighted by Crippen LogP contribution is -1.89. The van der Waals surface area contributed by atoms with Gasteiger partial charge in [-0.15, -0.1) is 0 Å². The van der Waals surface area contributed by atoms with Gasteiger partial charge in [0, 0.05) is 17.6 Å². The third-order valence-corrected chi connectivity index (χ3v) is 2.93. The first-order chi connectivity index (χ1) is 8.11. The molecule has 0 radical (unpaired) electrons. The van der Waals surface area contributed by atoms with Crippen molar-refractivity contribution < 1.29 is 13.5 Å². The molecule has 7 heteroatoms. The van der Waals surface area contributed by atoms with E-state index < -0.39 is 11.6 Å². The second-order valence-electron chi connectivity index (χ2n) is 2.92. The van der Waals surface area contributed by atoms with Gasteiger partial charge in [-0.1, -0.05) is 11.6 Å². The molecule has 0 bridgehead atoms. The number of nitrogens with zero attached hydrogens (tertiary/aromatic N) is 2. The first-order valence-corrected chi connectivity index (χ1v) is 5.45. The Hall–Kier alpha value is -1.71. The van der Waals surface area contributed by atoms with Gasteiger partial charge in [-0.3, -0.25) is 0 Å². The summed E-state index contributed by atoms with van der Waals surface area (Å²) < 4.78 is 34.7. The number of halogens is 3. The van der Waals surface area contributed by atoms with Crippen molar-refractivity contribution in [1.29, 1.82) is 5.26 Å². The van der Waals surface area contributed by atoms with Gasteiger partial charge in [0.2, 0.25) is 5.06 Å². The Morgan fingerprint density at radius 2 is 2.18 bits per heavy atom. The molecule has 0 saturated heterocycles. The molecule has 0 N–H and O–H groups in total. The number of aromatic nitrogens is 1. The molecule has 1 heterocycles. The minimum atomic E-state index is -0.863. The van der Waals surface area contributed by atoms with Crippen molar-refractivity contribution in [2.24, 2.45) is 0 Å². The van der Waals surface area contributed by atoms with Crippen molar-refractivity contribution in [2.75, 3.05) is 0 Å². The molecule has 17 heavy (non-hydrogen) atoms. The van der Waals surface area contributed by atoms with E-state index in [0.29, 0.717) is 6.07 Å². The van der Waals surface area contributed by atoms with E-state index in [1.54, 1.807) is 6.07 Å². The summed E-state index contributed by atoms with van der Waals surface area (Å²) in [6, 6.07) is 4.65. The number of rotatable bonds is 2. The smallest absolute Gasteiger partial charge is 0.219 e. The van der Waals surface area contributed by atoms with E-state index in [1.165, 1.54) is 0 Å². The fourth-order valence-corrected chi connectivity index (χ4v) is 1.98. The van der Waals surface area contributed by atoms with Crippen LogP contribution in [0.3, 0.4) is 0 Å². The Kier molecular flexibility index (Phi) is 3.22. The Balaban J connectivity index is 2.35. The third-order valence-electron chi connectivity index (χ3n) is 1.83. The van der Waals surface area contributed by atoms with Crippen LogP contribution in [0.15, 0.2) is 18.2 Å². The van der Waals surface area contributed by atoms with Gasteiger partial charge in [-0.25, -0.2) is 8.78 Å². The predicted molar refractivity (Wildman–Crippen MR) is 58.3 cm³/mol. The quantitative estimate of drug-likeness (QED) is 0.836.